The van der Waals surface area contributed by atoms with Crippen LogP contribution in [0.15, 0.2) is 77.7 Å². The van der Waals surface area contributed by atoms with E-state index < -0.39 is 22.5 Å². The predicted octanol–water partition coefficient (Wildman–Crippen LogP) is 4.48. The average molecular weight is 483 g/mol. The van der Waals surface area contributed by atoms with Crippen LogP contribution in [0.3, 0.4) is 0 Å². The van der Waals surface area contributed by atoms with Crippen LogP contribution >= 0.6 is 0 Å². The third-order valence-corrected chi connectivity index (χ3v) is 7.09. The van der Waals surface area contributed by atoms with Crippen LogP contribution in [0, 0.1) is 6.92 Å². The minimum absolute atomic E-state index is 0.0939. The van der Waals surface area contributed by atoms with Crippen molar-refractivity contribution >= 4 is 21.6 Å². The molecule has 1 unspecified atom stereocenters. The van der Waals surface area contributed by atoms with Crippen molar-refractivity contribution in [1.82, 2.24) is 5.32 Å². The van der Waals surface area contributed by atoms with Crippen LogP contribution in [0.5, 0.6) is 11.5 Å². The molecule has 3 aromatic rings. The lowest BCUT2D eigenvalue weighted by molar-refractivity contribution is -0.120. The van der Waals surface area contributed by atoms with Gasteiger partial charge in [-0.1, -0.05) is 42.0 Å². The van der Waals surface area contributed by atoms with Gasteiger partial charge in [0.05, 0.1) is 30.3 Å². The summed E-state index contributed by atoms with van der Waals surface area (Å²) in [6.45, 7) is 5.80. The van der Waals surface area contributed by atoms with E-state index in [2.05, 4.69) is 5.32 Å². The van der Waals surface area contributed by atoms with E-state index in [9.17, 15) is 13.2 Å². The molecule has 1 atom stereocenters. The van der Waals surface area contributed by atoms with E-state index in [4.69, 9.17) is 9.47 Å². The number of para-hydroxylation sites is 2. The summed E-state index contributed by atoms with van der Waals surface area (Å²) in [5, 5.41) is 2.89. The lowest BCUT2D eigenvalue weighted by atomic mass is 10.1. The summed E-state index contributed by atoms with van der Waals surface area (Å²) in [5.41, 5.74) is 2.10. The molecule has 0 radical (unpaired) electrons. The van der Waals surface area contributed by atoms with Crippen LogP contribution in [0.2, 0.25) is 0 Å². The summed E-state index contributed by atoms with van der Waals surface area (Å²) in [6, 6.07) is 20.3. The number of hydrogen-bond acceptors (Lipinski definition) is 5. The van der Waals surface area contributed by atoms with Gasteiger partial charge in [-0.15, -0.1) is 0 Å². The number of amides is 1. The number of carbonyl (C=O) groups excluding carboxylic acids is 1. The highest BCUT2D eigenvalue weighted by molar-refractivity contribution is 7.92. The highest BCUT2D eigenvalue weighted by Gasteiger charge is 2.29. The number of ether oxygens (including phenoxy) is 2. The Kier molecular flexibility index (Phi) is 8.17. The number of nitrogens with zero attached hydrogens (tertiary/aromatic N) is 1. The van der Waals surface area contributed by atoms with Crippen LogP contribution in [0.1, 0.15) is 31.0 Å². The molecule has 0 aromatic heterocycles. The Morgan fingerprint density at radius 3 is 2.26 bits per heavy atom. The van der Waals surface area contributed by atoms with Crippen LogP contribution < -0.4 is 19.1 Å². The highest BCUT2D eigenvalue weighted by atomic mass is 32.2. The monoisotopic (exact) mass is 482 g/mol. The number of nitrogens with one attached hydrogen (secondary N) is 1. The molecular formula is C26H30N2O5S. The summed E-state index contributed by atoms with van der Waals surface area (Å²) in [7, 11) is -2.57. The van der Waals surface area contributed by atoms with E-state index in [1.807, 2.05) is 45.0 Å². The highest BCUT2D eigenvalue weighted by Crippen LogP contribution is 2.32. The molecule has 0 saturated carbocycles. The van der Waals surface area contributed by atoms with Gasteiger partial charge in [-0.05, 0) is 62.7 Å². The number of sulfonamides is 1. The zero-order valence-electron chi connectivity index (χ0n) is 19.8. The summed E-state index contributed by atoms with van der Waals surface area (Å²) in [6.07, 6.45) is 0. The van der Waals surface area contributed by atoms with Gasteiger partial charge in [0, 0.05) is 0 Å². The first kappa shape index (κ1) is 25.1. The molecule has 0 bridgehead atoms. The standard InChI is InChI=1S/C26H30N2O5S/c1-5-33-22-14-12-21(13-15-22)20(3)27-26(29)18-28(24-8-6-7-9-25(24)32-4)34(30,31)23-16-10-19(2)11-17-23/h6-17,20H,5,18H2,1-4H3,(H,27,29). The summed E-state index contributed by atoms with van der Waals surface area (Å²) in [4.78, 5) is 13.1. The van der Waals surface area contributed by atoms with E-state index in [1.54, 1.807) is 36.4 Å². The molecule has 0 saturated heterocycles. The largest absolute Gasteiger partial charge is 0.495 e. The number of methoxy groups -OCH3 is 1. The maximum atomic E-state index is 13.6. The van der Waals surface area contributed by atoms with Gasteiger partial charge in [0.25, 0.3) is 10.0 Å². The summed E-state index contributed by atoms with van der Waals surface area (Å²) >= 11 is 0. The third-order valence-electron chi connectivity index (χ3n) is 5.32. The SMILES string of the molecule is CCOc1ccc(C(C)NC(=O)CN(c2ccccc2OC)S(=O)(=O)c2ccc(C)cc2)cc1. The predicted molar refractivity (Wildman–Crippen MR) is 133 cm³/mol. The van der Waals surface area contributed by atoms with E-state index in [0.717, 1.165) is 21.2 Å². The molecule has 0 aliphatic rings. The Bertz CT molecular complexity index is 1210. The van der Waals surface area contributed by atoms with Crippen molar-refractivity contribution in [3.05, 3.63) is 83.9 Å². The van der Waals surface area contributed by atoms with E-state index in [1.165, 1.54) is 19.2 Å². The lowest BCUT2D eigenvalue weighted by Crippen LogP contribution is -2.41. The fraction of sp³-hybridized carbons (Fsp3) is 0.269. The lowest BCUT2D eigenvalue weighted by Gasteiger charge is -2.26. The van der Waals surface area contributed by atoms with Crippen molar-refractivity contribution in [1.29, 1.82) is 0 Å². The van der Waals surface area contributed by atoms with Gasteiger partial charge in [0.1, 0.15) is 18.0 Å². The number of rotatable bonds is 10. The second-order valence-electron chi connectivity index (χ2n) is 7.79. The number of carbonyl (C=O) groups is 1. The Labute approximate surface area is 201 Å². The normalized spacial score (nSPS) is 12.0. The molecule has 0 fully saturated rings. The van der Waals surface area contributed by atoms with Crippen molar-refractivity contribution in [2.24, 2.45) is 0 Å². The second kappa shape index (κ2) is 11.1. The first-order chi connectivity index (χ1) is 16.3. The van der Waals surface area contributed by atoms with Gasteiger partial charge in [-0.3, -0.25) is 9.10 Å². The number of anilines is 1. The Morgan fingerprint density at radius 1 is 1.00 bits per heavy atom. The fourth-order valence-electron chi connectivity index (χ4n) is 3.49. The van der Waals surface area contributed by atoms with Gasteiger partial charge in [0.15, 0.2) is 0 Å². The van der Waals surface area contributed by atoms with Crippen molar-refractivity contribution in [2.75, 3.05) is 24.6 Å². The average Bonchev–Trinajstić information content (AvgIpc) is 2.83. The Hall–Kier alpha value is -3.52. The zero-order valence-corrected chi connectivity index (χ0v) is 20.6. The molecule has 1 N–H and O–H groups in total. The third kappa shape index (κ3) is 5.88. The molecule has 8 heteroatoms. The molecule has 0 heterocycles. The molecular weight excluding hydrogens is 452 g/mol. The van der Waals surface area contributed by atoms with Gasteiger partial charge in [-0.2, -0.15) is 0 Å². The van der Waals surface area contributed by atoms with Crippen molar-refractivity contribution in [2.45, 2.75) is 31.7 Å². The van der Waals surface area contributed by atoms with Crippen LogP contribution in [-0.2, 0) is 14.8 Å². The van der Waals surface area contributed by atoms with E-state index >= 15 is 0 Å². The van der Waals surface area contributed by atoms with Gasteiger partial charge in [0.2, 0.25) is 5.91 Å². The van der Waals surface area contributed by atoms with Crippen molar-refractivity contribution in [3.63, 3.8) is 0 Å². The van der Waals surface area contributed by atoms with Crippen molar-refractivity contribution < 1.29 is 22.7 Å². The minimum Gasteiger partial charge on any atom is -0.495 e. The Morgan fingerprint density at radius 2 is 1.65 bits per heavy atom. The molecule has 7 nitrogen and oxygen atoms in total. The molecule has 0 aliphatic carbocycles. The molecule has 0 aliphatic heterocycles. The Balaban J connectivity index is 1.88. The number of aryl methyl sites for hydroxylation is 1. The summed E-state index contributed by atoms with van der Waals surface area (Å²) < 4.78 is 39.1. The summed E-state index contributed by atoms with van der Waals surface area (Å²) in [5.74, 6) is 0.657. The zero-order chi connectivity index (χ0) is 24.7. The molecule has 34 heavy (non-hydrogen) atoms. The number of hydrogen-bond donors (Lipinski definition) is 1. The second-order valence-corrected chi connectivity index (χ2v) is 9.65. The maximum absolute atomic E-state index is 13.6. The van der Waals surface area contributed by atoms with Crippen LogP contribution in [-0.4, -0.2) is 34.6 Å². The maximum Gasteiger partial charge on any atom is 0.264 e. The molecule has 3 aromatic carbocycles. The minimum atomic E-state index is -4.03. The molecule has 1 amide bonds. The van der Waals surface area contributed by atoms with Gasteiger partial charge in [-0.25, -0.2) is 8.42 Å². The number of benzene rings is 3. The topological polar surface area (TPSA) is 84.9 Å². The van der Waals surface area contributed by atoms with E-state index in [0.29, 0.717) is 12.4 Å². The molecule has 3 rings (SSSR count). The fourth-order valence-corrected chi connectivity index (χ4v) is 4.92. The first-order valence-electron chi connectivity index (χ1n) is 11.0. The van der Waals surface area contributed by atoms with Crippen LogP contribution in [0.4, 0.5) is 5.69 Å². The molecule has 180 valence electrons. The quantitative estimate of drug-likeness (QED) is 0.461. The van der Waals surface area contributed by atoms with Gasteiger partial charge < -0.3 is 14.8 Å². The van der Waals surface area contributed by atoms with Gasteiger partial charge >= 0.3 is 0 Å². The molecule has 0 spiro atoms. The first-order valence-corrected chi connectivity index (χ1v) is 12.4. The smallest absolute Gasteiger partial charge is 0.264 e. The van der Waals surface area contributed by atoms with Crippen LogP contribution in [0.25, 0.3) is 0 Å². The van der Waals surface area contributed by atoms with Crippen molar-refractivity contribution in [3.8, 4) is 11.5 Å². The van der Waals surface area contributed by atoms with E-state index in [-0.39, 0.29) is 16.6 Å².